The van der Waals surface area contributed by atoms with Gasteiger partial charge in [0.1, 0.15) is 28.7 Å². The van der Waals surface area contributed by atoms with Crippen LogP contribution in [-0.4, -0.2) is 47.8 Å². The molecule has 0 saturated carbocycles. The first-order valence-electron chi connectivity index (χ1n) is 10.5. The van der Waals surface area contributed by atoms with Gasteiger partial charge in [0.2, 0.25) is 0 Å². The molecule has 2 aliphatic heterocycles. The number of fused-ring (bicyclic) bond motifs is 1. The van der Waals surface area contributed by atoms with Gasteiger partial charge >= 0.3 is 6.09 Å². The molecule has 9 nitrogen and oxygen atoms in total. The number of rotatable bonds is 4. The molecule has 13 heteroatoms. The maximum Gasteiger partial charge on any atom is 0.410 e. The number of hydrogen-bond donors (Lipinski definition) is 5. The van der Waals surface area contributed by atoms with Crippen molar-refractivity contribution in [2.24, 2.45) is 4.99 Å². The van der Waals surface area contributed by atoms with E-state index in [1.807, 2.05) is 0 Å². The largest absolute Gasteiger partial charge is 0.465 e. The van der Waals surface area contributed by atoms with Crippen LogP contribution in [0.5, 0.6) is 0 Å². The lowest BCUT2D eigenvalue weighted by Crippen LogP contribution is -2.66. The van der Waals surface area contributed by atoms with E-state index in [4.69, 9.17) is 23.2 Å². The lowest BCUT2D eigenvalue weighted by molar-refractivity contribution is 0.199. The minimum absolute atomic E-state index is 0.00758. The van der Waals surface area contributed by atoms with Crippen LogP contribution in [0, 0.1) is 5.82 Å². The minimum atomic E-state index is -3.26. The summed E-state index contributed by atoms with van der Waals surface area (Å²) in [5.74, 6) is -0.292. The summed E-state index contributed by atoms with van der Waals surface area (Å²) in [4.78, 5) is 24.8. The molecule has 4 N–H and O–H groups in total. The van der Waals surface area contributed by atoms with Crippen molar-refractivity contribution in [1.29, 1.82) is 0 Å². The normalized spacial score (nSPS) is 25.7. The van der Waals surface area contributed by atoms with E-state index in [1.165, 1.54) is 18.3 Å². The van der Waals surface area contributed by atoms with Crippen LogP contribution >= 0.6 is 23.2 Å². The van der Waals surface area contributed by atoms with Gasteiger partial charge in [-0.2, -0.15) is 0 Å². The molecule has 2 aromatic heterocycles. The molecule has 2 atom stereocenters. The molecule has 184 valence electrons. The summed E-state index contributed by atoms with van der Waals surface area (Å²) in [6, 6.07) is 4.28. The van der Waals surface area contributed by atoms with Crippen LogP contribution in [0.2, 0.25) is 10.0 Å². The minimum Gasteiger partial charge on any atom is -0.465 e. The molecule has 2 aromatic rings. The van der Waals surface area contributed by atoms with Gasteiger partial charge in [0.25, 0.3) is 0 Å². The van der Waals surface area contributed by atoms with Crippen LogP contribution in [0.25, 0.3) is 0 Å². The van der Waals surface area contributed by atoms with Crippen molar-refractivity contribution in [1.82, 2.24) is 20.0 Å². The first-order valence-corrected chi connectivity index (χ1v) is 13.1. The molecule has 1 amide bonds. The summed E-state index contributed by atoms with van der Waals surface area (Å²) in [6.07, 6.45) is 0.605. The van der Waals surface area contributed by atoms with Crippen LogP contribution in [0.4, 0.5) is 15.0 Å². The Bertz CT molecular complexity index is 1240. The smallest absolute Gasteiger partial charge is 0.410 e. The Labute approximate surface area is 207 Å². The number of halogens is 3. The van der Waals surface area contributed by atoms with E-state index in [2.05, 4.69) is 30.3 Å². The number of aromatic nitrogens is 2. The molecule has 1 fully saturated rings. The molecule has 0 bridgehead atoms. The summed E-state index contributed by atoms with van der Waals surface area (Å²) >= 11 is 12.1. The number of hydrogen-bond acceptors (Lipinski definition) is 6. The highest BCUT2D eigenvalue weighted by Crippen LogP contribution is 2.48. The molecule has 0 unspecified atom stereocenters. The highest BCUT2D eigenvalue weighted by Gasteiger charge is 2.59. The number of nitrogens with zero attached hydrogens (tertiary/aromatic N) is 3. The fourth-order valence-corrected chi connectivity index (χ4v) is 8.72. The molecule has 0 aliphatic carbocycles. The Kier molecular flexibility index (Phi) is 6.34. The molecule has 34 heavy (non-hydrogen) atoms. The predicted molar refractivity (Wildman–Crippen MR) is 132 cm³/mol. The number of carbonyl (C=O) groups is 1. The monoisotopic (exact) mass is 530 g/mol. The second-order valence-electron chi connectivity index (χ2n) is 8.93. The Balaban J connectivity index is 1.76. The summed E-state index contributed by atoms with van der Waals surface area (Å²) in [5.41, 5.74) is -0.869. The van der Waals surface area contributed by atoms with Crippen LogP contribution in [-0.2, 0) is 22.2 Å². The van der Waals surface area contributed by atoms with Gasteiger partial charge in [-0.05, 0) is 55.5 Å². The highest BCUT2D eigenvalue weighted by molar-refractivity contribution is 8.04. The van der Waals surface area contributed by atoms with Crippen LogP contribution in [0.3, 0.4) is 0 Å². The van der Waals surface area contributed by atoms with Crippen molar-refractivity contribution < 1.29 is 18.5 Å². The summed E-state index contributed by atoms with van der Waals surface area (Å²) < 4.78 is 31.4. The fraction of sp³-hybridized carbons (Fsp3) is 0.429. The number of thiol groups is 1. The van der Waals surface area contributed by atoms with E-state index < -0.39 is 37.6 Å². The molecular weight excluding hydrogens is 506 g/mol. The SMILES string of the molecule is CC1(C)C(NC(=O)O)=N[C@](C)(c2nc(NCc3ncc(Cl)cc3Cl)ccc2F)[C@@H]2CCN[SH]21=O. The number of amidine groups is 1. The second-order valence-corrected chi connectivity index (χ2v) is 13.1. The van der Waals surface area contributed by atoms with Crippen molar-refractivity contribution in [2.45, 2.75) is 49.3 Å². The summed E-state index contributed by atoms with van der Waals surface area (Å²) in [7, 11) is -3.26. The van der Waals surface area contributed by atoms with Gasteiger partial charge in [-0.3, -0.25) is 24.2 Å². The number of anilines is 1. The molecule has 1 saturated heterocycles. The zero-order chi connectivity index (χ0) is 24.9. The average Bonchev–Trinajstić information content (AvgIpc) is 3.17. The first kappa shape index (κ1) is 24.8. The van der Waals surface area contributed by atoms with Crippen LogP contribution in [0.15, 0.2) is 29.4 Å². The standard InChI is InChI=1S/C21H25Cl2FN6O3S/c1-20(2)18(29-19(31)32)30-21(3,15-6-7-27-34(15,20)33)17-13(24)4-5-16(28-17)26-10-14-12(23)8-11(22)9-25-14/h4-5,8-9,15,34H,6-7,10H2,1-3H3,(H,26,28)(H,27,33)(H,29,30)(H,31,32)/t15-,21-/m0/s1. The molecule has 0 spiro atoms. The van der Waals surface area contributed by atoms with Crippen molar-refractivity contribution in [3.05, 3.63) is 51.6 Å². The maximum absolute atomic E-state index is 15.2. The Morgan fingerprint density at radius 1 is 1.35 bits per heavy atom. The third-order valence-corrected chi connectivity index (χ3v) is 11.2. The molecule has 4 rings (SSSR count). The van der Waals surface area contributed by atoms with Crippen LogP contribution < -0.4 is 15.4 Å². The Hall–Kier alpha value is -2.34. The van der Waals surface area contributed by atoms with Gasteiger partial charge in [0, 0.05) is 12.7 Å². The van der Waals surface area contributed by atoms with Crippen molar-refractivity contribution in [3.63, 3.8) is 0 Å². The van der Waals surface area contributed by atoms with Crippen molar-refractivity contribution in [3.8, 4) is 0 Å². The lowest BCUT2D eigenvalue weighted by atomic mass is 9.89. The van der Waals surface area contributed by atoms with Crippen molar-refractivity contribution in [2.75, 3.05) is 11.9 Å². The number of amides is 1. The summed E-state index contributed by atoms with van der Waals surface area (Å²) in [5, 5.41) is 14.9. The van der Waals surface area contributed by atoms with Gasteiger partial charge in [0.05, 0.1) is 32.3 Å². The zero-order valence-corrected chi connectivity index (χ0v) is 21.1. The van der Waals surface area contributed by atoms with E-state index in [0.29, 0.717) is 34.5 Å². The number of carboxylic acid groups (broad SMARTS) is 1. The number of pyridine rings is 2. The number of aliphatic imine (C=N–C) groups is 1. The molecule has 2 aliphatic rings. The molecule has 0 aromatic carbocycles. The van der Waals surface area contributed by atoms with Gasteiger partial charge in [0.15, 0.2) is 0 Å². The fourth-order valence-electron chi connectivity index (χ4n) is 4.62. The van der Waals surface area contributed by atoms with Crippen LogP contribution in [0.1, 0.15) is 38.6 Å². The third kappa shape index (κ3) is 4.04. The molecule has 4 heterocycles. The van der Waals surface area contributed by atoms with E-state index in [1.54, 1.807) is 26.8 Å². The average molecular weight is 531 g/mol. The van der Waals surface area contributed by atoms with Gasteiger partial charge in [-0.15, -0.1) is 0 Å². The van der Waals surface area contributed by atoms with E-state index in [0.717, 1.165) is 0 Å². The quantitative estimate of drug-likeness (QED) is 0.385. The predicted octanol–water partition coefficient (Wildman–Crippen LogP) is 3.50. The first-order chi connectivity index (χ1) is 15.9. The number of nitrogens with one attached hydrogen (secondary N) is 3. The molecular formula is C21H25Cl2FN6O3S. The Morgan fingerprint density at radius 2 is 2.09 bits per heavy atom. The lowest BCUT2D eigenvalue weighted by Gasteiger charge is -2.50. The maximum atomic E-state index is 15.2. The topological polar surface area (TPSA) is 129 Å². The highest BCUT2D eigenvalue weighted by atomic mass is 35.5. The van der Waals surface area contributed by atoms with E-state index >= 15 is 4.39 Å². The van der Waals surface area contributed by atoms with Gasteiger partial charge < -0.3 is 10.4 Å². The third-order valence-electron chi connectivity index (χ3n) is 6.48. The van der Waals surface area contributed by atoms with E-state index in [9.17, 15) is 14.1 Å². The summed E-state index contributed by atoms with van der Waals surface area (Å²) in [6.45, 7) is 5.65. The van der Waals surface area contributed by atoms with Crippen molar-refractivity contribution >= 4 is 51.1 Å². The Morgan fingerprint density at radius 3 is 2.76 bits per heavy atom. The second kappa shape index (κ2) is 8.71. The zero-order valence-electron chi connectivity index (χ0n) is 18.7. The van der Waals surface area contributed by atoms with Gasteiger partial charge in [-0.25, -0.2) is 14.2 Å². The molecule has 0 radical (unpaired) electrons. The van der Waals surface area contributed by atoms with Gasteiger partial charge in [-0.1, -0.05) is 23.2 Å². The van der Waals surface area contributed by atoms with E-state index in [-0.39, 0.29) is 18.1 Å².